The van der Waals surface area contributed by atoms with Crippen LogP contribution in [0.25, 0.3) is 0 Å². The first kappa shape index (κ1) is 17.0. The van der Waals surface area contributed by atoms with Crippen molar-refractivity contribution in [3.63, 3.8) is 0 Å². The van der Waals surface area contributed by atoms with Gasteiger partial charge in [0.2, 0.25) is 0 Å². The first-order valence-electron chi connectivity index (χ1n) is 8.05. The Balaban J connectivity index is 1.49. The summed E-state index contributed by atoms with van der Waals surface area (Å²) in [5.74, 6) is -0.164. The van der Waals surface area contributed by atoms with Crippen LogP contribution in [-0.2, 0) is 24.4 Å². The van der Waals surface area contributed by atoms with Gasteiger partial charge in [0, 0.05) is 38.1 Å². The minimum absolute atomic E-state index is 0.164. The zero-order valence-corrected chi connectivity index (χ0v) is 14.3. The van der Waals surface area contributed by atoms with Crippen LogP contribution in [0.4, 0.5) is 0 Å². The quantitative estimate of drug-likeness (QED) is 0.826. The number of rotatable bonds is 6. The van der Waals surface area contributed by atoms with Crippen molar-refractivity contribution >= 4 is 17.2 Å². The highest BCUT2D eigenvalue weighted by Gasteiger charge is 2.11. The zero-order chi connectivity index (χ0) is 16.8. The molecule has 0 unspecified atom stereocenters. The van der Waals surface area contributed by atoms with Crippen LogP contribution < -0.4 is 11.1 Å². The van der Waals surface area contributed by atoms with Crippen molar-refractivity contribution in [1.82, 2.24) is 15.2 Å². The molecule has 24 heavy (non-hydrogen) atoms. The lowest BCUT2D eigenvalue weighted by Crippen LogP contribution is -2.35. The third kappa shape index (κ3) is 4.61. The molecule has 0 radical (unpaired) electrons. The third-order valence-corrected chi connectivity index (χ3v) is 4.82. The molecule has 0 saturated carbocycles. The van der Waals surface area contributed by atoms with Gasteiger partial charge < -0.3 is 15.8 Å². The SMILES string of the molecule is NCc1nc(C(=O)NCc2ccc(CN3CCOCC3)cc2)cs1. The molecular formula is C17H22N4O2S. The topological polar surface area (TPSA) is 80.5 Å². The second kappa shape index (κ2) is 8.34. The summed E-state index contributed by atoms with van der Waals surface area (Å²) < 4.78 is 5.36. The summed E-state index contributed by atoms with van der Waals surface area (Å²) in [6.07, 6.45) is 0. The lowest BCUT2D eigenvalue weighted by atomic mass is 10.1. The minimum Gasteiger partial charge on any atom is -0.379 e. The molecule has 0 spiro atoms. The molecule has 2 aromatic rings. The van der Waals surface area contributed by atoms with E-state index < -0.39 is 0 Å². The number of aromatic nitrogens is 1. The fourth-order valence-corrected chi connectivity index (χ4v) is 3.22. The van der Waals surface area contributed by atoms with Crippen LogP contribution in [0.15, 0.2) is 29.6 Å². The summed E-state index contributed by atoms with van der Waals surface area (Å²) in [7, 11) is 0. The maximum absolute atomic E-state index is 12.1. The Bertz CT molecular complexity index is 665. The van der Waals surface area contributed by atoms with Gasteiger partial charge in [0.25, 0.3) is 5.91 Å². The van der Waals surface area contributed by atoms with Gasteiger partial charge >= 0.3 is 0 Å². The Labute approximate surface area is 145 Å². The van der Waals surface area contributed by atoms with Crippen molar-refractivity contribution in [3.05, 3.63) is 51.5 Å². The summed E-state index contributed by atoms with van der Waals surface area (Å²) in [5.41, 5.74) is 8.30. The van der Waals surface area contributed by atoms with Crippen molar-refractivity contribution in [2.45, 2.75) is 19.6 Å². The molecule has 3 rings (SSSR count). The Morgan fingerprint density at radius 1 is 1.25 bits per heavy atom. The van der Waals surface area contributed by atoms with E-state index in [9.17, 15) is 4.79 Å². The summed E-state index contributed by atoms with van der Waals surface area (Å²) in [4.78, 5) is 18.6. The van der Waals surface area contributed by atoms with Gasteiger partial charge in [0.15, 0.2) is 0 Å². The molecule has 2 heterocycles. The van der Waals surface area contributed by atoms with E-state index in [4.69, 9.17) is 10.5 Å². The number of hydrogen-bond acceptors (Lipinski definition) is 6. The van der Waals surface area contributed by atoms with Gasteiger partial charge in [-0.15, -0.1) is 11.3 Å². The first-order chi connectivity index (χ1) is 11.7. The number of thiazole rings is 1. The fraction of sp³-hybridized carbons (Fsp3) is 0.412. The molecule has 1 fully saturated rings. The number of benzene rings is 1. The number of nitrogens with zero attached hydrogens (tertiary/aromatic N) is 2. The van der Waals surface area contributed by atoms with E-state index in [-0.39, 0.29) is 5.91 Å². The van der Waals surface area contributed by atoms with E-state index in [0.29, 0.717) is 18.8 Å². The highest BCUT2D eigenvalue weighted by molar-refractivity contribution is 7.09. The maximum Gasteiger partial charge on any atom is 0.271 e. The van der Waals surface area contributed by atoms with E-state index in [1.807, 2.05) is 0 Å². The van der Waals surface area contributed by atoms with Crippen molar-refractivity contribution in [2.75, 3.05) is 26.3 Å². The maximum atomic E-state index is 12.1. The number of carbonyl (C=O) groups excluding carboxylic acids is 1. The van der Waals surface area contributed by atoms with Crippen LogP contribution >= 0.6 is 11.3 Å². The molecule has 1 saturated heterocycles. The van der Waals surface area contributed by atoms with Gasteiger partial charge in [-0.05, 0) is 11.1 Å². The van der Waals surface area contributed by atoms with E-state index >= 15 is 0 Å². The minimum atomic E-state index is -0.164. The average Bonchev–Trinajstić information content (AvgIpc) is 3.11. The van der Waals surface area contributed by atoms with E-state index in [2.05, 4.69) is 39.5 Å². The molecule has 0 bridgehead atoms. The standard InChI is InChI=1S/C17H22N4O2S/c18-9-16-20-15(12-24-16)17(22)19-10-13-1-3-14(4-2-13)11-21-5-7-23-8-6-21/h1-4,12H,5-11,18H2,(H,19,22). The third-order valence-electron chi connectivity index (χ3n) is 3.94. The predicted octanol–water partition coefficient (Wildman–Crippen LogP) is 1.36. The van der Waals surface area contributed by atoms with Crippen LogP contribution in [-0.4, -0.2) is 42.1 Å². The predicted molar refractivity (Wildman–Crippen MR) is 93.7 cm³/mol. The monoisotopic (exact) mass is 346 g/mol. The molecule has 0 atom stereocenters. The molecule has 1 aliphatic rings. The van der Waals surface area contributed by atoms with Crippen molar-refractivity contribution in [2.24, 2.45) is 5.73 Å². The van der Waals surface area contributed by atoms with Crippen molar-refractivity contribution in [3.8, 4) is 0 Å². The number of nitrogens with two attached hydrogens (primary N) is 1. The fourth-order valence-electron chi connectivity index (χ4n) is 2.56. The van der Waals surface area contributed by atoms with Crippen molar-refractivity contribution in [1.29, 1.82) is 0 Å². The Hall–Kier alpha value is -1.80. The van der Waals surface area contributed by atoms with Crippen LogP contribution in [0.2, 0.25) is 0 Å². The second-order valence-corrected chi connectivity index (χ2v) is 6.66. The number of morpholine rings is 1. The number of ether oxygens (including phenoxy) is 1. The van der Waals surface area contributed by atoms with Crippen LogP contribution in [0, 0.1) is 0 Å². The summed E-state index contributed by atoms with van der Waals surface area (Å²) in [5, 5.41) is 5.40. The largest absolute Gasteiger partial charge is 0.379 e. The van der Waals surface area contributed by atoms with Gasteiger partial charge in [-0.3, -0.25) is 9.69 Å². The number of hydrogen-bond donors (Lipinski definition) is 2. The highest BCUT2D eigenvalue weighted by Crippen LogP contribution is 2.11. The molecule has 6 nitrogen and oxygen atoms in total. The smallest absolute Gasteiger partial charge is 0.271 e. The highest BCUT2D eigenvalue weighted by atomic mass is 32.1. The average molecular weight is 346 g/mol. The molecule has 3 N–H and O–H groups in total. The molecule has 1 aromatic heterocycles. The lowest BCUT2D eigenvalue weighted by molar-refractivity contribution is 0.0342. The second-order valence-electron chi connectivity index (χ2n) is 5.72. The number of carbonyl (C=O) groups is 1. The van der Waals surface area contributed by atoms with Crippen LogP contribution in [0.3, 0.4) is 0 Å². The van der Waals surface area contributed by atoms with Gasteiger partial charge in [-0.2, -0.15) is 0 Å². The molecule has 1 amide bonds. The first-order valence-corrected chi connectivity index (χ1v) is 8.93. The Morgan fingerprint density at radius 2 is 1.96 bits per heavy atom. The van der Waals surface area contributed by atoms with Crippen LogP contribution in [0.1, 0.15) is 26.6 Å². The number of nitrogens with one attached hydrogen (secondary N) is 1. The summed E-state index contributed by atoms with van der Waals surface area (Å²) in [6.45, 7) is 5.39. The molecular weight excluding hydrogens is 324 g/mol. The van der Waals surface area contributed by atoms with E-state index in [1.54, 1.807) is 5.38 Å². The van der Waals surface area contributed by atoms with E-state index in [0.717, 1.165) is 43.4 Å². The van der Waals surface area contributed by atoms with E-state index in [1.165, 1.54) is 16.9 Å². The summed E-state index contributed by atoms with van der Waals surface area (Å²) in [6, 6.07) is 8.35. The lowest BCUT2D eigenvalue weighted by Gasteiger charge is -2.26. The summed E-state index contributed by atoms with van der Waals surface area (Å²) >= 11 is 1.41. The Morgan fingerprint density at radius 3 is 2.62 bits per heavy atom. The molecule has 1 aliphatic heterocycles. The molecule has 128 valence electrons. The Kier molecular flexibility index (Phi) is 5.92. The normalized spacial score (nSPS) is 15.4. The van der Waals surface area contributed by atoms with Crippen molar-refractivity contribution < 1.29 is 9.53 Å². The molecule has 0 aliphatic carbocycles. The van der Waals surface area contributed by atoms with Crippen LogP contribution in [0.5, 0.6) is 0 Å². The van der Waals surface area contributed by atoms with Gasteiger partial charge in [-0.25, -0.2) is 4.98 Å². The molecule has 7 heteroatoms. The van der Waals surface area contributed by atoms with Gasteiger partial charge in [0.05, 0.1) is 13.2 Å². The zero-order valence-electron chi connectivity index (χ0n) is 13.5. The van der Waals surface area contributed by atoms with Gasteiger partial charge in [-0.1, -0.05) is 24.3 Å². The number of amides is 1. The molecule has 1 aromatic carbocycles. The van der Waals surface area contributed by atoms with Gasteiger partial charge in [0.1, 0.15) is 10.7 Å².